The number of rotatable bonds is 1. The average molecular weight is 176 g/mol. The Morgan fingerprint density at radius 1 is 1.54 bits per heavy atom. The fourth-order valence-corrected chi connectivity index (χ4v) is 2.09. The third-order valence-corrected chi connectivity index (χ3v) is 2.85. The number of hydrogen-bond donors (Lipinski definition) is 1. The van der Waals surface area contributed by atoms with Gasteiger partial charge in [0.15, 0.2) is 0 Å². The Kier molecular flexibility index (Phi) is 2.21. The van der Waals surface area contributed by atoms with Crippen LogP contribution in [0.25, 0.3) is 0 Å². The van der Waals surface area contributed by atoms with Crippen LogP contribution in [0.5, 0.6) is 0 Å². The molecule has 1 heterocycles. The maximum absolute atomic E-state index is 4.32. The molecule has 0 fully saturated rings. The van der Waals surface area contributed by atoms with E-state index < -0.39 is 0 Å². The summed E-state index contributed by atoms with van der Waals surface area (Å²) in [6.07, 6.45) is 5.60. The largest absolute Gasteiger partial charge is 0.373 e. The first-order chi connectivity index (χ1) is 6.31. The van der Waals surface area contributed by atoms with Crippen LogP contribution in [0.4, 0.5) is 5.82 Å². The Morgan fingerprint density at radius 3 is 3.15 bits per heavy atom. The van der Waals surface area contributed by atoms with E-state index in [2.05, 4.69) is 23.3 Å². The Labute approximate surface area is 79.4 Å². The number of nitrogens with one attached hydrogen (secondary N) is 1. The second-order valence-electron chi connectivity index (χ2n) is 3.90. The molecule has 0 saturated heterocycles. The van der Waals surface area contributed by atoms with Gasteiger partial charge in [-0.15, -0.1) is 0 Å². The van der Waals surface area contributed by atoms with E-state index in [1.54, 1.807) is 0 Å². The third-order valence-electron chi connectivity index (χ3n) is 2.85. The van der Waals surface area contributed by atoms with Gasteiger partial charge < -0.3 is 5.32 Å². The second kappa shape index (κ2) is 3.36. The molecular formula is C11H16N2. The highest BCUT2D eigenvalue weighted by Crippen LogP contribution is 2.28. The van der Waals surface area contributed by atoms with Gasteiger partial charge in [0.2, 0.25) is 0 Å². The van der Waals surface area contributed by atoms with Gasteiger partial charge in [-0.05, 0) is 42.4 Å². The maximum atomic E-state index is 4.32. The zero-order chi connectivity index (χ0) is 9.26. The standard InChI is InChI=1S/C11H16N2/c1-8-3-4-10-9(7-8)5-6-13-11(10)12-2/h5-6,8H,3-4,7H2,1-2H3,(H,12,13). The molecule has 1 atom stereocenters. The highest BCUT2D eigenvalue weighted by Gasteiger charge is 2.17. The Bertz CT molecular complexity index is 307. The Hall–Kier alpha value is -1.05. The number of nitrogens with zero attached hydrogens (tertiary/aromatic N) is 1. The lowest BCUT2D eigenvalue weighted by atomic mass is 9.85. The molecule has 0 aliphatic heterocycles. The fourth-order valence-electron chi connectivity index (χ4n) is 2.09. The quantitative estimate of drug-likeness (QED) is 0.710. The molecule has 70 valence electrons. The van der Waals surface area contributed by atoms with Crippen molar-refractivity contribution in [3.8, 4) is 0 Å². The van der Waals surface area contributed by atoms with Crippen LogP contribution in [0.3, 0.4) is 0 Å². The fraction of sp³-hybridized carbons (Fsp3) is 0.545. The number of fused-ring (bicyclic) bond motifs is 1. The molecule has 2 nitrogen and oxygen atoms in total. The van der Waals surface area contributed by atoms with Crippen molar-refractivity contribution in [1.29, 1.82) is 0 Å². The lowest BCUT2D eigenvalue weighted by Crippen LogP contribution is -2.13. The van der Waals surface area contributed by atoms with E-state index in [0.717, 1.165) is 11.7 Å². The molecule has 0 spiro atoms. The Balaban J connectivity index is 2.39. The van der Waals surface area contributed by atoms with Crippen LogP contribution in [-0.2, 0) is 12.8 Å². The van der Waals surface area contributed by atoms with Gasteiger partial charge in [0.05, 0.1) is 0 Å². The molecule has 0 saturated carbocycles. The van der Waals surface area contributed by atoms with E-state index in [9.17, 15) is 0 Å². The van der Waals surface area contributed by atoms with E-state index in [1.165, 1.54) is 30.4 Å². The molecule has 1 aliphatic rings. The summed E-state index contributed by atoms with van der Waals surface area (Å²) in [5, 5.41) is 3.16. The summed E-state index contributed by atoms with van der Waals surface area (Å²) < 4.78 is 0. The van der Waals surface area contributed by atoms with Gasteiger partial charge in [-0.1, -0.05) is 6.92 Å². The monoisotopic (exact) mass is 176 g/mol. The highest BCUT2D eigenvalue weighted by molar-refractivity contribution is 5.49. The van der Waals surface area contributed by atoms with Crippen LogP contribution >= 0.6 is 0 Å². The first kappa shape index (κ1) is 8.54. The summed E-state index contributed by atoms with van der Waals surface area (Å²) >= 11 is 0. The molecule has 0 amide bonds. The second-order valence-corrected chi connectivity index (χ2v) is 3.90. The predicted octanol–water partition coefficient (Wildman–Crippen LogP) is 2.25. The van der Waals surface area contributed by atoms with Crippen molar-refractivity contribution in [2.45, 2.75) is 26.2 Å². The number of aromatic nitrogens is 1. The molecule has 0 aromatic carbocycles. The molecule has 1 aromatic heterocycles. The first-order valence-electron chi connectivity index (χ1n) is 4.95. The molecule has 0 radical (unpaired) electrons. The molecule has 1 aliphatic carbocycles. The van der Waals surface area contributed by atoms with Gasteiger partial charge in [0.25, 0.3) is 0 Å². The van der Waals surface area contributed by atoms with Gasteiger partial charge in [-0.3, -0.25) is 0 Å². The van der Waals surface area contributed by atoms with E-state index in [0.29, 0.717) is 0 Å². The SMILES string of the molecule is CNc1nccc2c1CCC(C)C2. The minimum Gasteiger partial charge on any atom is -0.373 e. The van der Waals surface area contributed by atoms with Gasteiger partial charge in [0, 0.05) is 13.2 Å². The summed E-state index contributed by atoms with van der Waals surface area (Å²) in [5.41, 5.74) is 2.92. The minimum absolute atomic E-state index is 0.833. The highest BCUT2D eigenvalue weighted by atomic mass is 15.0. The third kappa shape index (κ3) is 1.53. The van der Waals surface area contributed by atoms with Gasteiger partial charge >= 0.3 is 0 Å². The van der Waals surface area contributed by atoms with Crippen LogP contribution in [-0.4, -0.2) is 12.0 Å². The van der Waals surface area contributed by atoms with Crippen molar-refractivity contribution < 1.29 is 0 Å². The van der Waals surface area contributed by atoms with Crippen LogP contribution < -0.4 is 5.32 Å². The van der Waals surface area contributed by atoms with Gasteiger partial charge in [-0.25, -0.2) is 4.98 Å². The molecular weight excluding hydrogens is 160 g/mol. The van der Waals surface area contributed by atoms with E-state index >= 15 is 0 Å². The van der Waals surface area contributed by atoms with Crippen molar-refractivity contribution in [1.82, 2.24) is 4.98 Å². The van der Waals surface area contributed by atoms with E-state index in [-0.39, 0.29) is 0 Å². The summed E-state index contributed by atoms with van der Waals surface area (Å²) in [7, 11) is 1.95. The van der Waals surface area contributed by atoms with Crippen molar-refractivity contribution >= 4 is 5.82 Å². The molecule has 2 rings (SSSR count). The van der Waals surface area contributed by atoms with Gasteiger partial charge in [0.1, 0.15) is 5.82 Å². The van der Waals surface area contributed by atoms with Crippen molar-refractivity contribution in [2.24, 2.45) is 5.92 Å². The van der Waals surface area contributed by atoms with Crippen molar-refractivity contribution in [2.75, 3.05) is 12.4 Å². The molecule has 2 heteroatoms. The topological polar surface area (TPSA) is 24.9 Å². The lowest BCUT2D eigenvalue weighted by Gasteiger charge is -2.22. The minimum atomic E-state index is 0.833. The molecule has 1 N–H and O–H groups in total. The van der Waals surface area contributed by atoms with Crippen LogP contribution in [0.15, 0.2) is 12.3 Å². The van der Waals surface area contributed by atoms with Crippen LogP contribution in [0.2, 0.25) is 0 Å². The molecule has 0 bridgehead atoms. The maximum Gasteiger partial charge on any atom is 0.129 e. The molecule has 1 aromatic rings. The lowest BCUT2D eigenvalue weighted by molar-refractivity contribution is 0.501. The summed E-state index contributed by atoms with van der Waals surface area (Å²) in [4.78, 5) is 4.32. The van der Waals surface area contributed by atoms with Crippen LogP contribution in [0, 0.1) is 5.92 Å². The summed E-state index contributed by atoms with van der Waals surface area (Å²) in [6, 6.07) is 2.16. The van der Waals surface area contributed by atoms with Crippen molar-refractivity contribution in [3.63, 3.8) is 0 Å². The first-order valence-corrected chi connectivity index (χ1v) is 4.95. The summed E-state index contributed by atoms with van der Waals surface area (Å²) in [5.74, 6) is 1.91. The Morgan fingerprint density at radius 2 is 2.38 bits per heavy atom. The number of pyridine rings is 1. The normalized spacial score (nSPS) is 20.9. The number of anilines is 1. The predicted molar refractivity (Wildman–Crippen MR) is 55.0 cm³/mol. The van der Waals surface area contributed by atoms with Crippen LogP contribution in [0.1, 0.15) is 24.5 Å². The summed E-state index contributed by atoms with van der Waals surface area (Å²) in [6.45, 7) is 2.32. The smallest absolute Gasteiger partial charge is 0.129 e. The molecule has 1 unspecified atom stereocenters. The van der Waals surface area contributed by atoms with Crippen molar-refractivity contribution in [3.05, 3.63) is 23.4 Å². The number of hydrogen-bond acceptors (Lipinski definition) is 2. The zero-order valence-corrected chi connectivity index (χ0v) is 8.30. The van der Waals surface area contributed by atoms with E-state index in [1.807, 2.05) is 13.2 Å². The molecule has 13 heavy (non-hydrogen) atoms. The van der Waals surface area contributed by atoms with E-state index in [4.69, 9.17) is 0 Å². The van der Waals surface area contributed by atoms with Gasteiger partial charge in [-0.2, -0.15) is 0 Å². The average Bonchev–Trinajstić information content (AvgIpc) is 2.16. The zero-order valence-electron chi connectivity index (χ0n) is 8.30.